The summed E-state index contributed by atoms with van der Waals surface area (Å²) in [5, 5.41) is 2.69. The Morgan fingerprint density at radius 1 is 1.78 bits per heavy atom. The van der Waals surface area contributed by atoms with Crippen LogP contribution < -0.4 is 5.32 Å². The summed E-state index contributed by atoms with van der Waals surface area (Å²) < 4.78 is 0. The number of hydrogen-bond acceptors (Lipinski definition) is 1. The van der Waals surface area contributed by atoms with Gasteiger partial charge in [0.15, 0.2) is 0 Å². The lowest BCUT2D eigenvalue weighted by Gasteiger charge is -2.04. The predicted octanol–water partition coefficient (Wildman–Crippen LogP) is 0.545. The van der Waals surface area contributed by atoms with Gasteiger partial charge in [0.05, 0.1) is 0 Å². The van der Waals surface area contributed by atoms with Crippen LogP contribution in [0.5, 0.6) is 0 Å². The van der Waals surface area contributed by atoms with E-state index in [4.69, 9.17) is 0 Å². The Morgan fingerprint density at radius 2 is 2.56 bits per heavy atom. The first-order valence-corrected chi connectivity index (χ1v) is 3.02. The number of rotatable bonds is 1. The molecule has 1 rings (SSSR count). The van der Waals surface area contributed by atoms with Crippen molar-refractivity contribution in [2.75, 3.05) is 13.1 Å². The molecule has 0 aromatic rings. The van der Waals surface area contributed by atoms with E-state index in [0.29, 0.717) is 0 Å². The van der Waals surface area contributed by atoms with Crippen molar-refractivity contribution in [2.24, 2.45) is 0 Å². The highest BCUT2D eigenvalue weighted by Gasteiger charge is 2.15. The van der Waals surface area contributed by atoms with Gasteiger partial charge in [0.2, 0.25) is 0 Å². The van der Waals surface area contributed by atoms with Gasteiger partial charge in [0, 0.05) is 19.3 Å². The highest BCUT2D eigenvalue weighted by atomic mass is 16.2. The average molecular weight is 126 g/mol. The molecule has 0 radical (unpaired) electrons. The number of hydrogen-bond donors (Lipinski definition) is 1. The molecule has 1 N–H and O–H groups in total. The summed E-state index contributed by atoms with van der Waals surface area (Å²) in [5.74, 6) is 0. The van der Waals surface area contributed by atoms with Gasteiger partial charge in [0.1, 0.15) is 0 Å². The molecule has 3 nitrogen and oxygen atoms in total. The van der Waals surface area contributed by atoms with Gasteiger partial charge < -0.3 is 5.32 Å². The minimum Gasteiger partial charge on any atom is -0.336 e. The van der Waals surface area contributed by atoms with Crippen molar-refractivity contribution >= 4 is 6.03 Å². The highest BCUT2D eigenvalue weighted by Crippen LogP contribution is 1.95. The molecule has 1 aliphatic heterocycles. The minimum absolute atomic E-state index is 0.00750. The second-order valence-electron chi connectivity index (χ2n) is 1.91. The SMILES string of the molecule is C/C=C\N1CCNC1=O. The van der Waals surface area contributed by atoms with Crippen LogP contribution in [0.1, 0.15) is 6.92 Å². The summed E-state index contributed by atoms with van der Waals surface area (Å²) >= 11 is 0. The van der Waals surface area contributed by atoms with E-state index >= 15 is 0 Å². The third kappa shape index (κ3) is 1.22. The predicted molar refractivity (Wildman–Crippen MR) is 34.9 cm³/mol. The summed E-state index contributed by atoms with van der Waals surface area (Å²) in [7, 11) is 0. The normalized spacial score (nSPS) is 19.2. The molecule has 0 unspecified atom stereocenters. The summed E-state index contributed by atoms with van der Waals surface area (Å²) in [4.78, 5) is 12.4. The Balaban J connectivity index is 2.49. The molecular formula is C6H10N2O. The van der Waals surface area contributed by atoms with Crippen LogP contribution in [0.4, 0.5) is 4.79 Å². The Labute approximate surface area is 54.3 Å². The van der Waals surface area contributed by atoms with Crippen LogP contribution in [-0.4, -0.2) is 24.0 Å². The van der Waals surface area contributed by atoms with E-state index in [1.807, 2.05) is 13.0 Å². The van der Waals surface area contributed by atoms with Crippen LogP contribution in [0.25, 0.3) is 0 Å². The van der Waals surface area contributed by atoms with Gasteiger partial charge in [-0.25, -0.2) is 4.79 Å². The fraction of sp³-hybridized carbons (Fsp3) is 0.500. The first-order chi connectivity index (χ1) is 4.34. The van der Waals surface area contributed by atoms with Gasteiger partial charge in [-0.2, -0.15) is 0 Å². The Hall–Kier alpha value is -0.990. The van der Waals surface area contributed by atoms with Gasteiger partial charge in [-0.3, -0.25) is 4.90 Å². The molecule has 1 heterocycles. The zero-order chi connectivity index (χ0) is 6.69. The van der Waals surface area contributed by atoms with Crippen molar-refractivity contribution in [2.45, 2.75) is 6.92 Å². The second kappa shape index (κ2) is 2.53. The summed E-state index contributed by atoms with van der Waals surface area (Å²) in [5.41, 5.74) is 0. The van der Waals surface area contributed by atoms with Crippen molar-refractivity contribution in [3.63, 3.8) is 0 Å². The molecule has 0 saturated carbocycles. The zero-order valence-electron chi connectivity index (χ0n) is 5.42. The van der Waals surface area contributed by atoms with Gasteiger partial charge >= 0.3 is 6.03 Å². The largest absolute Gasteiger partial charge is 0.336 e. The quantitative estimate of drug-likeness (QED) is 0.546. The Bertz CT molecular complexity index is 142. The van der Waals surface area contributed by atoms with Gasteiger partial charge in [0.25, 0.3) is 0 Å². The molecule has 50 valence electrons. The highest BCUT2D eigenvalue weighted by molar-refractivity contribution is 5.77. The standard InChI is InChI=1S/C6H10N2O/c1-2-4-8-5-3-7-6(8)9/h2,4H,3,5H2,1H3,(H,7,9)/b4-2-. The lowest BCUT2D eigenvalue weighted by atomic mass is 10.6. The van der Waals surface area contributed by atoms with Crippen LogP contribution in [0.3, 0.4) is 0 Å². The third-order valence-corrected chi connectivity index (χ3v) is 1.22. The fourth-order valence-corrected chi connectivity index (χ4v) is 0.809. The molecule has 3 heteroatoms. The van der Waals surface area contributed by atoms with Gasteiger partial charge in [-0.1, -0.05) is 6.08 Å². The summed E-state index contributed by atoms with van der Waals surface area (Å²) in [6.07, 6.45) is 3.63. The lowest BCUT2D eigenvalue weighted by Crippen LogP contribution is -2.22. The van der Waals surface area contributed by atoms with Crippen LogP contribution in [0, 0.1) is 0 Å². The average Bonchev–Trinajstić information content (AvgIpc) is 2.18. The van der Waals surface area contributed by atoms with E-state index < -0.39 is 0 Å². The molecule has 0 atom stereocenters. The zero-order valence-corrected chi connectivity index (χ0v) is 5.42. The number of urea groups is 1. The first kappa shape index (κ1) is 6.13. The number of nitrogens with one attached hydrogen (secondary N) is 1. The lowest BCUT2D eigenvalue weighted by molar-refractivity contribution is 0.230. The molecular weight excluding hydrogens is 116 g/mol. The monoisotopic (exact) mass is 126 g/mol. The van der Waals surface area contributed by atoms with Crippen molar-refractivity contribution < 1.29 is 4.79 Å². The van der Waals surface area contributed by atoms with E-state index in [1.54, 1.807) is 11.1 Å². The molecule has 1 aliphatic rings. The van der Waals surface area contributed by atoms with Crippen molar-refractivity contribution in [3.05, 3.63) is 12.3 Å². The molecule has 0 aromatic heterocycles. The van der Waals surface area contributed by atoms with Crippen LogP contribution >= 0.6 is 0 Å². The molecule has 0 spiro atoms. The second-order valence-corrected chi connectivity index (χ2v) is 1.91. The van der Waals surface area contributed by atoms with E-state index in [0.717, 1.165) is 13.1 Å². The topological polar surface area (TPSA) is 32.3 Å². The van der Waals surface area contributed by atoms with Crippen LogP contribution in [0.15, 0.2) is 12.3 Å². The van der Waals surface area contributed by atoms with Crippen molar-refractivity contribution in [3.8, 4) is 0 Å². The van der Waals surface area contributed by atoms with Crippen LogP contribution in [0.2, 0.25) is 0 Å². The van der Waals surface area contributed by atoms with Crippen LogP contribution in [-0.2, 0) is 0 Å². The van der Waals surface area contributed by atoms with E-state index in [9.17, 15) is 4.79 Å². The number of nitrogens with zero attached hydrogens (tertiary/aromatic N) is 1. The minimum atomic E-state index is 0.00750. The summed E-state index contributed by atoms with van der Waals surface area (Å²) in [6.45, 7) is 3.46. The van der Waals surface area contributed by atoms with E-state index in [-0.39, 0.29) is 6.03 Å². The van der Waals surface area contributed by atoms with Gasteiger partial charge in [-0.05, 0) is 6.92 Å². The number of carbonyl (C=O) groups excluding carboxylic acids is 1. The maximum Gasteiger partial charge on any atom is 0.321 e. The molecule has 0 aromatic carbocycles. The maximum absolute atomic E-state index is 10.7. The number of amides is 2. The molecule has 0 bridgehead atoms. The molecule has 0 aliphatic carbocycles. The fourth-order valence-electron chi connectivity index (χ4n) is 0.809. The van der Waals surface area contributed by atoms with E-state index in [1.165, 1.54) is 0 Å². The Kier molecular flexibility index (Phi) is 1.72. The molecule has 2 amide bonds. The number of carbonyl (C=O) groups is 1. The number of allylic oxidation sites excluding steroid dienone is 1. The first-order valence-electron chi connectivity index (χ1n) is 3.02. The Morgan fingerprint density at radius 3 is 3.00 bits per heavy atom. The molecule has 1 fully saturated rings. The van der Waals surface area contributed by atoms with E-state index in [2.05, 4.69) is 5.32 Å². The summed E-state index contributed by atoms with van der Waals surface area (Å²) in [6, 6.07) is 0.00750. The van der Waals surface area contributed by atoms with Crippen molar-refractivity contribution in [1.82, 2.24) is 10.2 Å². The maximum atomic E-state index is 10.7. The smallest absolute Gasteiger partial charge is 0.321 e. The van der Waals surface area contributed by atoms with Gasteiger partial charge in [-0.15, -0.1) is 0 Å². The van der Waals surface area contributed by atoms with Crippen molar-refractivity contribution in [1.29, 1.82) is 0 Å². The third-order valence-electron chi connectivity index (χ3n) is 1.22. The molecule has 9 heavy (non-hydrogen) atoms. The molecule has 1 saturated heterocycles.